The van der Waals surface area contributed by atoms with E-state index in [0.29, 0.717) is 0 Å². The van der Waals surface area contributed by atoms with Gasteiger partial charge in [-0.15, -0.1) is 0 Å². The molecule has 2 rings (SSSR count). The van der Waals surface area contributed by atoms with Crippen LogP contribution in [0.3, 0.4) is 0 Å². The van der Waals surface area contributed by atoms with Crippen molar-refractivity contribution in [3.8, 4) is 0 Å². The molecule has 0 amide bonds. The van der Waals surface area contributed by atoms with Gasteiger partial charge < -0.3 is 5.32 Å². The topological polar surface area (TPSA) is 24.4 Å². The average molecular weight is 134 g/mol. The Morgan fingerprint density at radius 2 is 2.50 bits per heavy atom. The highest BCUT2D eigenvalue weighted by atomic mass is 14.9. The van der Waals surface area contributed by atoms with Gasteiger partial charge in [0.2, 0.25) is 0 Å². The van der Waals surface area contributed by atoms with Gasteiger partial charge in [-0.3, -0.25) is 4.99 Å². The fraction of sp³-hybridized carbons (Fsp3) is 0.375. The number of nitrogens with one attached hydrogen (secondary N) is 1. The van der Waals surface area contributed by atoms with Crippen LogP contribution in [0.5, 0.6) is 0 Å². The highest BCUT2D eigenvalue weighted by Gasteiger charge is 2.09. The number of hydrogen-bond donors (Lipinski definition) is 1. The molecule has 0 aromatic rings. The Balaban J connectivity index is 2.32. The van der Waals surface area contributed by atoms with Crippen LogP contribution in [0.25, 0.3) is 0 Å². The smallest absolute Gasteiger partial charge is 0.0656 e. The number of dihydropyridines is 1. The van der Waals surface area contributed by atoms with Crippen molar-refractivity contribution in [3.05, 3.63) is 23.4 Å². The first-order valence-electron chi connectivity index (χ1n) is 3.60. The Morgan fingerprint density at radius 1 is 1.50 bits per heavy atom. The molecule has 2 aliphatic heterocycles. The van der Waals surface area contributed by atoms with Crippen molar-refractivity contribution in [2.24, 2.45) is 4.99 Å². The van der Waals surface area contributed by atoms with Crippen LogP contribution < -0.4 is 5.32 Å². The molecule has 0 aromatic heterocycles. The van der Waals surface area contributed by atoms with Gasteiger partial charge >= 0.3 is 0 Å². The van der Waals surface area contributed by atoms with E-state index in [1.165, 1.54) is 11.3 Å². The van der Waals surface area contributed by atoms with Gasteiger partial charge in [-0.1, -0.05) is 6.08 Å². The minimum atomic E-state index is 0.860. The molecule has 0 saturated carbocycles. The molecule has 0 fully saturated rings. The van der Waals surface area contributed by atoms with Gasteiger partial charge in [0, 0.05) is 18.5 Å². The van der Waals surface area contributed by atoms with Crippen LogP contribution in [-0.4, -0.2) is 19.3 Å². The molecule has 2 heterocycles. The van der Waals surface area contributed by atoms with Gasteiger partial charge in [0.05, 0.1) is 6.54 Å². The SMILES string of the molecule is C1=NCC2=CCCNC2=C1. The maximum absolute atomic E-state index is 4.15. The Morgan fingerprint density at radius 3 is 3.40 bits per heavy atom. The third kappa shape index (κ3) is 0.856. The summed E-state index contributed by atoms with van der Waals surface area (Å²) in [7, 11) is 0. The first kappa shape index (κ1) is 5.71. The van der Waals surface area contributed by atoms with E-state index >= 15 is 0 Å². The normalized spacial score (nSPS) is 22.4. The average Bonchev–Trinajstić information content (AvgIpc) is 2.05. The highest BCUT2D eigenvalue weighted by molar-refractivity contribution is 5.75. The summed E-state index contributed by atoms with van der Waals surface area (Å²) in [5, 5.41) is 3.32. The van der Waals surface area contributed by atoms with E-state index in [1.54, 1.807) is 0 Å². The minimum Gasteiger partial charge on any atom is -0.384 e. The zero-order valence-electron chi connectivity index (χ0n) is 5.80. The van der Waals surface area contributed by atoms with E-state index in [0.717, 1.165) is 19.5 Å². The monoisotopic (exact) mass is 134 g/mol. The summed E-state index contributed by atoms with van der Waals surface area (Å²) in [4.78, 5) is 4.15. The molecule has 2 heteroatoms. The lowest BCUT2D eigenvalue weighted by Crippen LogP contribution is -2.22. The molecule has 10 heavy (non-hydrogen) atoms. The number of aliphatic imine (C=N–C) groups is 1. The predicted octanol–water partition coefficient (Wildman–Crippen LogP) is 0.874. The van der Waals surface area contributed by atoms with Crippen LogP contribution in [0.4, 0.5) is 0 Å². The third-order valence-electron chi connectivity index (χ3n) is 1.80. The van der Waals surface area contributed by atoms with Gasteiger partial charge in [0.1, 0.15) is 0 Å². The molecule has 0 aromatic carbocycles. The number of hydrogen-bond acceptors (Lipinski definition) is 2. The largest absolute Gasteiger partial charge is 0.384 e. The summed E-state index contributed by atoms with van der Waals surface area (Å²) in [5.74, 6) is 0. The van der Waals surface area contributed by atoms with E-state index in [9.17, 15) is 0 Å². The molecule has 0 spiro atoms. The Labute approximate surface area is 60.3 Å². The van der Waals surface area contributed by atoms with Crippen molar-refractivity contribution in [3.63, 3.8) is 0 Å². The molecule has 0 aliphatic carbocycles. The summed E-state index contributed by atoms with van der Waals surface area (Å²) < 4.78 is 0. The number of fused-ring (bicyclic) bond motifs is 1. The van der Waals surface area contributed by atoms with Crippen molar-refractivity contribution in [1.82, 2.24) is 5.32 Å². The second-order valence-electron chi connectivity index (χ2n) is 2.51. The van der Waals surface area contributed by atoms with Gasteiger partial charge in [-0.25, -0.2) is 0 Å². The van der Waals surface area contributed by atoms with Gasteiger partial charge in [-0.2, -0.15) is 0 Å². The second kappa shape index (κ2) is 2.29. The van der Waals surface area contributed by atoms with Gasteiger partial charge in [0.25, 0.3) is 0 Å². The van der Waals surface area contributed by atoms with Crippen molar-refractivity contribution in [2.45, 2.75) is 6.42 Å². The minimum absolute atomic E-state index is 0.860. The van der Waals surface area contributed by atoms with Crippen molar-refractivity contribution >= 4 is 6.21 Å². The number of nitrogens with zero attached hydrogens (tertiary/aromatic N) is 1. The standard InChI is InChI=1S/C8H10N2/c1-2-7-6-9-5-3-8(7)10-4-1/h2-3,5,10H,1,4,6H2. The zero-order valence-corrected chi connectivity index (χ0v) is 5.80. The molecular formula is C8H10N2. The lowest BCUT2D eigenvalue weighted by atomic mass is 10.1. The molecule has 52 valence electrons. The summed E-state index contributed by atoms with van der Waals surface area (Å²) in [6.07, 6.45) is 7.31. The first-order chi connectivity index (χ1) is 4.97. The van der Waals surface area contributed by atoms with Crippen LogP contribution >= 0.6 is 0 Å². The van der Waals surface area contributed by atoms with E-state index in [-0.39, 0.29) is 0 Å². The molecular weight excluding hydrogens is 124 g/mol. The molecule has 2 aliphatic rings. The summed E-state index contributed by atoms with van der Waals surface area (Å²) in [6, 6.07) is 0. The summed E-state index contributed by atoms with van der Waals surface area (Å²) in [6.45, 7) is 1.93. The number of rotatable bonds is 0. The molecule has 0 bridgehead atoms. The Kier molecular flexibility index (Phi) is 1.31. The first-order valence-corrected chi connectivity index (χ1v) is 3.60. The quantitative estimate of drug-likeness (QED) is 0.522. The lowest BCUT2D eigenvalue weighted by Gasteiger charge is -2.19. The van der Waals surface area contributed by atoms with Crippen molar-refractivity contribution < 1.29 is 0 Å². The fourth-order valence-corrected chi connectivity index (χ4v) is 1.27. The maximum Gasteiger partial charge on any atom is 0.0656 e. The van der Waals surface area contributed by atoms with Crippen LogP contribution in [0.2, 0.25) is 0 Å². The van der Waals surface area contributed by atoms with Gasteiger partial charge in [0.15, 0.2) is 0 Å². The number of allylic oxidation sites excluding steroid dienone is 1. The molecule has 0 saturated heterocycles. The lowest BCUT2D eigenvalue weighted by molar-refractivity contribution is 0.764. The second-order valence-corrected chi connectivity index (χ2v) is 2.51. The van der Waals surface area contributed by atoms with Crippen LogP contribution in [0.15, 0.2) is 28.4 Å². The summed E-state index contributed by atoms with van der Waals surface area (Å²) >= 11 is 0. The van der Waals surface area contributed by atoms with Crippen LogP contribution in [-0.2, 0) is 0 Å². The Hall–Kier alpha value is -1.05. The molecule has 0 unspecified atom stereocenters. The predicted molar refractivity (Wildman–Crippen MR) is 42.1 cm³/mol. The zero-order chi connectivity index (χ0) is 6.81. The highest BCUT2D eigenvalue weighted by Crippen LogP contribution is 2.14. The van der Waals surface area contributed by atoms with Crippen molar-refractivity contribution in [2.75, 3.05) is 13.1 Å². The molecule has 1 N–H and O–H groups in total. The molecule has 0 atom stereocenters. The molecule has 0 radical (unpaired) electrons. The van der Waals surface area contributed by atoms with E-state index in [2.05, 4.69) is 16.4 Å². The van der Waals surface area contributed by atoms with Crippen LogP contribution in [0.1, 0.15) is 6.42 Å². The molecule has 2 nitrogen and oxygen atoms in total. The van der Waals surface area contributed by atoms with Crippen LogP contribution in [0, 0.1) is 0 Å². The van der Waals surface area contributed by atoms with Crippen molar-refractivity contribution in [1.29, 1.82) is 0 Å². The summed E-state index contributed by atoms with van der Waals surface area (Å²) in [5.41, 5.74) is 2.62. The Bertz CT molecular complexity index is 223. The van der Waals surface area contributed by atoms with E-state index in [1.807, 2.05) is 12.3 Å². The maximum atomic E-state index is 4.15. The van der Waals surface area contributed by atoms with Gasteiger partial charge in [-0.05, 0) is 18.1 Å². The van der Waals surface area contributed by atoms with E-state index in [4.69, 9.17) is 0 Å². The third-order valence-corrected chi connectivity index (χ3v) is 1.80. The van der Waals surface area contributed by atoms with E-state index < -0.39 is 0 Å². The fourth-order valence-electron chi connectivity index (χ4n) is 1.27.